The molecule has 0 aromatic rings. The van der Waals surface area contributed by atoms with E-state index in [9.17, 15) is 4.57 Å². The van der Waals surface area contributed by atoms with Crippen LogP contribution in [-0.2, 0) is 4.57 Å². The number of hydrogen-bond acceptors (Lipinski definition) is 1. The lowest BCUT2D eigenvalue weighted by atomic mass is 10.3. The summed E-state index contributed by atoms with van der Waals surface area (Å²) in [6, 6.07) is 0. The maximum absolute atomic E-state index is 11.1. The predicted octanol–water partition coefficient (Wildman–Crippen LogP) is 2.88. The zero-order valence-electron chi connectivity index (χ0n) is 6.72. The van der Waals surface area contributed by atoms with Gasteiger partial charge in [0.2, 0.25) is 0 Å². The van der Waals surface area contributed by atoms with Gasteiger partial charge in [-0.05, 0) is 19.8 Å². The minimum absolute atomic E-state index is 0.363. The van der Waals surface area contributed by atoms with Gasteiger partial charge in [-0.1, -0.05) is 18.4 Å². The average molecular weight is 147 g/mol. The van der Waals surface area contributed by atoms with Crippen LogP contribution in [0.4, 0.5) is 0 Å². The van der Waals surface area contributed by atoms with Gasteiger partial charge in [0.1, 0.15) is 6.16 Å². The van der Waals surface area contributed by atoms with Crippen molar-refractivity contribution in [1.82, 2.24) is 0 Å². The van der Waals surface area contributed by atoms with Crippen LogP contribution >= 0.6 is 7.80 Å². The first-order valence-electron chi connectivity index (χ1n) is 3.47. The van der Waals surface area contributed by atoms with Gasteiger partial charge in [-0.25, -0.2) is 0 Å². The maximum atomic E-state index is 11.1. The lowest BCUT2D eigenvalue weighted by molar-refractivity contribution is 0.574. The summed E-state index contributed by atoms with van der Waals surface area (Å²) in [6.07, 6.45) is 0.882. The van der Waals surface area contributed by atoms with Crippen LogP contribution in [0.25, 0.3) is 0 Å². The van der Waals surface area contributed by atoms with Crippen LogP contribution in [0.5, 0.6) is 0 Å². The summed E-state index contributed by atoms with van der Waals surface area (Å²) in [6.45, 7) is 8.24. The molecule has 2 heteroatoms. The van der Waals surface area contributed by atoms with Gasteiger partial charge in [-0.3, -0.25) is 0 Å². The van der Waals surface area contributed by atoms with Gasteiger partial charge in [-0.2, -0.15) is 0 Å². The second kappa shape index (κ2) is 4.00. The van der Waals surface area contributed by atoms with Crippen LogP contribution in [0.15, 0.2) is 0 Å². The molecule has 0 aliphatic rings. The first-order valence-corrected chi connectivity index (χ1v) is 4.99. The van der Waals surface area contributed by atoms with Crippen LogP contribution in [-0.4, -0.2) is 11.8 Å². The third kappa shape index (κ3) is 4.59. The van der Waals surface area contributed by atoms with Crippen molar-refractivity contribution in [2.45, 2.75) is 33.4 Å². The van der Waals surface area contributed by atoms with Crippen LogP contribution < -0.4 is 0 Å². The summed E-state index contributed by atoms with van der Waals surface area (Å²) >= 11 is 0. The smallest absolute Gasteiger partial charge is 0.0745 e. The highest BCUT2D eigenvalue weighted by Crippen LogP contribution is 2.29. The summed E-state index contributed by atoms with van der Waals surface area (Å²) in [5.41, 5.74) is 0.363. The van der Waals surface area contributed by atoms with Gasteiger partial charge < -0.3 is 0 Å². The van der Waals surface area contributed by atoms with Crippen molar-refractivity contribution in [3.8, 4) is 0 Å². The lowest BCUT2D eigenvalue weighted by Gasteiger charge is -1.94. The molecule has 0 amide bonds. The van der Waals surface area contributed by atoms with E-state index in [1.807, 2.05) is 13.8 Å². The fourth-order valence-corrected chi connectivity index (χ4v) is 1.71. The van der Waals surface area contributed by atoms with Gasteiger partial charge in [0, 0.05) is 0 Å². The largest absolute Gasteiger partial charge is 0.341 e. The second-order valence-corrected chi connectivity index (χ2v) is 5.32. The van der Waals surface area contributed by atoms with Crippen LogP contribution in [0.1, 0.15) is 27.7 Å². The van der Waals surface area contributed by atoms with Crippen molar-refractivity contribution in [1.29, 1.82) is 0 Å². The second-order valence-electron chi connectivity index (χ2n) is 3.09. The van der Waals surface area contributed by atoms with E-state index < -0.39 is 7.80 Å². The molecule has 0 bridgehead atoms. The number of rotatable bonds is 3. The van der Waals surface area contributed by atoms with E-state index in [2.05, 4.69) is 13.8 Å². The van der Waals surface area contributed by atoms with Gasteiger partial charge in [-0.15, -0.1) is 0 Å². The van der Waals surface area contributed by atoms with Gasteiger partial charge in [0.25, 0.3) is 0 Å². The summed E-state index contributed by atoms with van der Waals surface area (Å²) < 4.78 is 11.1. The van der Waals surface area contributed by atoms with Crippen molar-refractivity contribution >= 4 is 7.80 Å². The fraction of sp³-hybridized carbons (Fsp3) is 1.00. The Kier molecular flexibility index (Phi) is 4.05. The van der Waals surface area contributed by atoms with E-state index in [0.717, 1.165) is 6.16 Å². The topological polar surface area (TPSA) is 17.1 Å². The van der Waals surface area contributed by atoms with Crippen LogP contribution in [0.3, 0.4) is 0 Å². The van der Waals surface area contributed by atoms with E-state index in [0.29, 0.717) is 11.6 Å². The van der Waals surface area contributed by atoms with E-state index >= 15 is 0 Å². The Hall–Kier alpha value is 0.100. The van der Waals surface area contributed by atoms with Gasteiger partial charge in [0.15, 0.2) is 5.66 Å². The molecule has 0 radical (unpaired) electrons. The van der Waals surface area contributed by atoms with Crippen molar-refractivity contribution < 1.29 is 4.57 Å². The van der Waals surface area contributed by atoms with E-state index in [1.54, 1.807) is 0 Å². The van der Waals surface area contributed by atoms with Gasteiger partial charge >= 0.3 is 7.80 Å². The Morgan fingerprint density at radius 2 is 1.67 bits per heavy atom. The molecular weight excluding hydrogens is 131 g/mol. The molecule has 1 unspecified atom stereocenters. The highest BCUT2D eigenvalue weighted by atomic mass is 31.1. The highest BCUT2D eigenvalue weighted by molar-refractivity contribution is 7.45. The normalized spacial score (nSPS) is 12.9. The maximum Gasteiger partial charge on any atom is 0.341 e. The molecule has 0 N–H and O–H groups in total. The summed E-state index contributed by atoms with van der Waals surface area (Å²) in [5.74, 6) is 0.580. The first kappa shape index (κ1) is 9.10. The third-order valence-electron chi connectivity index (χ3n) is 1.12. The Morgan fingerprint density at radius 1 is 1.22 bits per heavy atom. The van der Waals surface area contributed by atoms with E-state index in [4.69, 9.17) is 0 Å². The molecule has 0 aromatic carbocycles. The number of hydrogen-bond donors (Lipinski definition) is 0. The molecule has 0 aromatic heterocycles. The molecule has 0 rings (SSSR count). The minimum Gasteiger partial charge on any atom is -0.0745 e. The molecule has 0 aliphatic heterocycles. The molecule has 0 spiro atoms. The first-order chi connectivity index (χ1) is 4.04. The molecule has 0 heterocycles. The Morgan fingerprint density at radius 3 is 1.78 bits per heavy atom. The predicted molar refractivity (Wildman–Crippen MR) is 42.4 cm³/mol. The molecule has 0 fully saturated rings. The third-order valence-corrected chi connectivity index (χ3v) is 3.36. The average Bonchev–Trinajstić information content (AvgIpc) is 1.63. The van der Waals surface area contributed by atoms with Crippen molar-refractivity contribution in [2.75, 3.05) is 6.16 Å². The minimum atomic E-state index is -0.929. The molecule has 9 heavy (non-hydrogen) atoms. The molecular formula is C7H16OP+. The zero-order valence-corrected chi connectivity index (χ0v) is 7.61. The van der Waals surface area contributed by atoms with E-state index in [-0.39, 0.29) is 0 Å². The standard InChI is InChI=1S/C7H16OP/c1-6(2)5-9(8)7(3)4/h6-7H,5H2,1-4H3/q+1. The summed E-state index contributed by atoms with van der Waals surface area (Å²) in [7, 11) is -0.929. The van der Waals surface area contributed by atoms with Crippen LogP contribution in [0, 0.1) is 5.92 Å². The Bertz CT molecular complexity index is 97.1. The highest BCUT2D eigenvalue weighted by Gasteiger charge is 2.21. The molecule has 0 aliphatic carbocycles. The van der Waals surface area contributed by atoms with E-state index in [1.165, 1.54) is 0 Å². The molecule has 1 atom stereocenters. The summed E-state index contributed by atoms with van der Waals surface area (Å²) in [4.78, 5) is 0. The fourth-order valence-electron chi connectivity index (χ4n) is 0.571. The molecule has 54 valence electrons. The quantitative estimate of drug-likeness (QED) is 0.561. The summed E-state index contributed by atoms with van der Waals surface area (Å²) in [5, 5.41) is 0. The van der Waals surface area contributed by atoms with Gasteiger partial charge in [0.05, 0.1) is 0 Å². The van der Waals surface area contributed by atoms with Crippen molar-refractivity contribution in [3.05, 3.63) is 0 Å². The monoisotopic (exact) mass is 147 g/mol. The Balaban J connectivity index is 3.51. The molecule has 0 saturated carbocycles. The van der Waals surface area contributed by atoms with Crippen molar-refractivity contribution in [2.24, 2.45) is 5.92 Å². The van der Waals surface area contributed by atoms with Crippen LogP contribution in [0.2, 0.25) is 0 Å². The SMILES string of the molecule is CC(C)C[P+](=O)C(C)C. The molecule has 0 saturated heterocycles. The molecule has 1 nitrogen and oxygen atoms in total. The zero-order chi connectivity index (χ0) is 7.44. The Labute approximate surface area is 58.6 Å². The lowest BCUT2D eigenvalue weighted by Crippen LogP contribution is -1.96. The van der Waals surface area contributed by atoms with Crippen molar-refractivity contribution in [3.63, 3.8) is 0 Å².